The monoisotopic (exact) mass is 492 g/mol. The molecule has 1 aromatic carbocycles. The second-order valence-corrected chi connectivity index (χ2v) is 9.77. The molecule has 1 aliphatic heterocycles. The lowest BCUT2D eigenvalue weighted by molar-refractivity contribution is 0.104. The number of hydrogen-bond acceptors (Lipinski definition) is 7. The number of likely N-dealkylation sites (N-methyl/N-ethyl adjacent to an activating group) is 1. The first-order valence-corrected chi connectivity index (χ1v) is 12.6. The number of allylic oxidation sites excluding steroid dienone is 5. The highest BCUT2D eigenvalue weighted by atomic mass is 16.1. The number of aromatic nitrogens is 3. The third-order valence-electron chi connectivity index (χ3n) is 7.04. The fraction of sp³-hybridized carbons (Fsp3) is 0.267. The van der Waals surface area contributed by atoms with Crippen molar-refractivity contribution in [3.8, 4) is 11.3 Å². The van der Waals surface area contributed by atoms with Crippen molar-refractivity contribution in [2.45, 2.75) is 20.3 Å². The number of ketones is 1. The number of fused-ring (bicyclic) bond motifs is 1. The van der Waals surface area contributed by atoms with E-state index >= 15 is 0 Å². The molecule has 1 aliphatic carbocycles. The minimum Gasteiger partial charge on any atom is -0.368 e. The summed E-state index contributed by atoms with van der Waals surface area (Å²) in [5.74, 6) is 1.08. The van der Waals surface area contributed by atoms with Crippen molar-refractivity contribution in [1.82, 2.24) is 19.9 Å². The molecule has 0 atom stereocenters. The number of hydrogen-bond donors (Lipinski definition) is 1. The van der Waals surface area contributed by atoms with Crippen LogP contribution in [0.5, 0.6) is 0 Å². The van der Waals surface area contributed by atoms with Crippen LogP contribution in [-0.4, -0.2) is 58.9 Å². The Balaban J connectivity index is 1.55. The first kappa shape index (κ1) is 24.6. The Bertz CT molecular complexity index is 1430. The lowest BCUT2D eigenvalue weighted by Crippen LogP contribution is -2.45. The molecule has 188 valence electrons. The van der Waals surface area contributed by atoms with Crippen LogP contribution in [0, 0.1) is 6.92 Å². The summed E-state index contributed by atoms with van der Waals surface area (Å²) in [7, 11) is 2.15. The van der Waals surface area contributed by atoms with E-state index in [1.54, 1.807) is 12.2 Å². The Morgan fingerprint density at radius 1 is 1.11 bits per heavy atom. The van der Waals surface area contributed by atoms with Gasteiger partial charge in [-0.05, 0) is 38.4 Å². The van der Waals surface area contributed by atoms with Gasteiger partial charge in [-0.2, -0.15) is 0 Å². The number of piperazine rings is 1. The average Bonchev–Trinajstić information content (AvgIpc) is 3.16. The van der Waals surface area contributed by atoms with Gasteiger partial charge in [0.25, 0.3) is 0 Å². The molecule has 7 heteroatoms. The first-order valence-electron chi connectivity index (χ1n) is 12.6. The summed E-state index contributed by atoms with van der Waals surface area (Å²) in [4.78, 5) is 32.2. The van der Waals surface area contributed by atoms with Crippen LogP contribution in [0.3, 0.4) is 0 Å². The zero-order chi connectivity index (χ0) is 26.1. The van der Waals surface area contributed by atoms with Gasteiger partial charge in [-0.15, -0.1) is 0 Å². The summed E-state index contributed by atoms with van der Waals surface area (Å²) in [5, 5.41) is 0. The number of Topliss-reactive ketones (excluding diaryl/α,β-unsaturated/α-hetero) is 1. The van der Waals surface area contributed by atoms with E-state index in [1.165, 1.54) is 0 Å². The van der Waals surface area contributed by atoms with Crippen molar-refractivity contribution < 1.29 is 4.79 Å². The molecular weight excluding hydrogens is 460 g/mol. The number of benzene rings is 1. The zero-order valence-electron chi connectivity index (χ0n) is 21.7. The smallest absolute Gasteiger partial charge is 0.221 e. The third kappa shape index (κ3) is 4.70. The molecule has 37 heavy (non-hydrogen) atoms. The van der Waals surface area contributed by atoms with Crippen LogP contribution in [0.15, 0.2) is 72.5 Å². The number of carbonyl (C=O) groups is 1. The van der Waals surface area contributed by atoms with E-state index in [4.69, 9.17) is 10.7 Å². The van der Waals surface area contributed by atoms with Crippen molar-refractivity contribution in [3.05, 3.63) is 94.9 Å². The summed E-state index contributed by atoms with van der Waals surface area (Å²) in [6, 6.07) is 11.8. The number of nitrogens with zero attached hydrogens (tertiary/aromatic N) is 5. The molecule has 1 saturated heterocycles. The van der Waals surface area contributed by atoms with Gasteiger partial charge in [-0.25, -0.2) is 15.0 Å². The van der Waals surface area contributed by atoms with Gasteiger partial charge >= 0.3 is 0 Å². The number of aryl methyl sites for hydroxylation is 1. The molecule has 2 N–H and O–H groups in total. The Morgan fingerprint density at radius 3 is 2.49 bits per heavy atom. The van der Waals surface area contributed by atoms with Gasteiger partial charge in [0, 0.05) is 49.1 Å². The standard InChI is InChI=1S/C30H32N6O/c1-5-9-23-24(27-25(28(23)37)26(33-30(31)34-27)22-10-7-6-8-11-22)19(2)16-21-17-20(3)29(32-18-21)36-14-12-35(4)13-15-36/h5-11,17-18H,1,12-16H2,2-4H3,(H2,31,33,34). The molecule has 0 unspecified atom stereocenters. The minimum atomic E-state index is -0.108. The van der Waals surface area contributed by atoms with Crippen LogP contribution >= 0.6 is 0 Å². The van der Waals surface area contributed by atoms with E-state index in [2.05, 4.69) is 46.4 Å². The van der Waals surface area contributed by atoms with Crippen molar-refractivity contribution >= 4 is 23.1 Å². The van der Waals surface area contributed by atoms with Crippen LogP contribution in [0.25, 0.3) is 16.8 Å². The number of pyridine rings is 1. The highest BCUT2D eigenvalue weighted by molar-refractivity contribution is 6.28. The molecular formula is C30H32N6O. The van der Waals surface area contributed by atoms with Crippen LogP contribution in [0.2, 0.25) is 0 Å². The van der Waals surface area contributed by atoms with Gasteiger partial charge in [0.2, 0.25) is 5.95 Å². The molecule has 0 spiro atoms. The summed E-state index contributed by atoms with van der Waals surface area (Å²) in [6.45, 7) is 12.0. The van der Waals surface area contributed by atoms with Crippen LogP contribution in [0.4, 0.5) is 11.8 Å². The second kappa shape index (κ2) is 10.1. The van der Waals surface area contributed by atoms with E-state index in [-0.39, 0.29) is 11.7 Å². The van der Waals surface area contributed by atoms with Crippen molar-refractivity contribution in [2.75, 3.05) is 43.9 Å². The van der Waals surface area contributed by atoms with Crippen molar-refractivity contribution in [2.24, 2.45) is 0 Å². The molecule has 2 aliphatic rings. The predicted molar refractivity (Wildman–Crippen MR) is 149 cm³/mol. The Hall–Kier alpha value is -4.10. The zero-order valence-corrected chi connectivity index (χ0v) is 21.7. The molecule has 1 fully saturated rings. The highest BCUT2D eigenvalue weighted by Gasteiger charge is 2.36. The summed E-state index contributed by atoms with van der Waals surface area (Å²) >= 11 is 0. The lowest BCUT2D eigenvalue weighted by Gasteiger charge is -2.34. The number of rotatable bonds is 5. The number of carbonyl (C=O) groups excluding carboxylic acids is 1. The molecule has 0 amide bonds. The third-order valence-corrected chi connectivity index (χ3v) is 7.04. The van der Waals surface area contributed by atoms with Gasteiger partial charge in [0.05, 0.1) is 17.0 Å². The Kier molecular flexibility index (Phi) is 6.72. The molecule has 3 heterocycles. The highest BCUT2D eigenvalue weighted by Crippen LogP contribution is 2.42. The molecule has 5 rings (SSSR count). The van der Waals surface area contributed by atoms with E-state index in [0.29, 0.717) is 28.9 Å². The normalized spacial score (nSPS) is 18.3. The molecule has 3 aromatic rings. The summed E-state index contributed by atoms with van der Waals surface area (Å²) in [6.07, 6.45) is 5.98. The summed E-state index contributed by atoms with van der Waals surface area (Å²) in [5.41, 5.74) is 13.2. The molecule has 7 nitrogen and oxygen atoms in total. The van der Waals surface area contributed by atoms with Gasteiger partial charge in [-0.1, -0.05) is 60.7 Å². The van der Waals surface area contributed by atoms with Gasteiger partial charge in [-0.3, -0.25) is 4.79 Å². The van der Waals surface area contributed by atoms with Crippen molar-refractivity contribution in [3.63, 3.8) is 0 Å². The van der Waals surface area contributed by atoms with Crippen LogP contribution in [-0.2, 0) is 6.42 Å². The maximum Gasteiger partial charge on any atom is 0.221 e. The molecule has 0 saturated carbocycles. The SMILES string of the molecule is C=CC=C1C(=O)c2c(nc(N)nc2-c2ccccc2)C1=C(C)Cc1cnc(N2CCN(C)CC2)c(C)c1. The predicted octanol–water partition coefficient (Wildman–Crippen LogP) is 4.51. The fourth-order valence-electron chi connectivity index (χ4n) is 5.23. The average molecular weight is 493 g/mol. The van der Waals surface area contributed by atoms with E-state index in [0.717, 1.165) is 59.8 Å². The molecule has 0 bridgehead atoms. The minimum absolute atomic E-state index is 0.108. The van der Waals surface area contributed by atoms with Gasteiger partial charge in [0.15, 0.2) is 5.78 Å². The second-order valence-electron chi connectivity index (χ2n) is 9.77. The van der Waals surface area contributed by atoms with Crippen LogP contribution in [0.1, 0.15) is 34.1 Å². The quantitative estimate of drug-likeness (QED) is 0.525. The fourth-order valence-corrected chi connectivity index (χ4v) is 5.23. The van der Waals surface area contributed by atoms with Gasteiger partial charge < -0.3 is 15.5 Å². The molecule has 0 radical (unpaired) electrons. The summed E-state index contributed by atoms with van der Waals surface area (Å²) < 4.78 is 0. The number of nitrogen functional groups attached to an aromatic ring is 1. The lowest BCUT2D eigenvalue weighted by atomic mass is 9.96. The number of anilines is 2. The Labute approximate surface area is 218 Å². The Morgan fingerprint density at radius 2 is 1.81 bits per heavy atom. The van der Waals surface area contributed by atoms with E-state index in [1.807, 2.05) is 43.5 Å². The van der Waals surface area contributed by atoms with E-state index < -0.39 is 0 Å². The van der Waals surface area contributed by atoms with Crippen molar-refractivity contribution in [1.29, 1.82) is 0 Å². The maximum absolute atomic E-state index is 13.7. The first-order chi connectivity index (χ1) is 17.9. The molecule has 2 aromatic heterocycles. The number of nitrogens with two attached hydrogens (primary N) is 1. The maximum atomic E-state index is 13.7. The van der Waals surface area contributed by atoms with Gasteiger partial charge in [0.1, 0.15) is 5.82 Å². The van der Waals surface area contributed by atoms with Crippen LogP contribution < -0.4 is 10.6 Å². The largest absolute Gasteiger partial charge is 0.368 e. The van der Waals surface area contributed by atoms with E-state index in [9.17, 15) is 4.79 Å². The topological polar surface area (TPSA) is 88.2 Å².